The molecule has 0 saturated heterocycles. The molecule has 0 spiro atoms. The number of ether oxygens (including phenoxy) is 1. The lowest BCUT2D eigenvalue weighted by Crippen LogP contribution is -2.54. The first-order valence-electron chi connectivity index (χ1n) is 10.7. The van der Waals surface area contributed by atoms with E-state index < -0.39 is 34.1 Å². The number of rotatable bonds is 9. The monoisotopic (exact) mass is 553 g/mol. The van der Waals surface area contributed by atoms with Crippen LogP contribution in [0.1, 0.15) is 33.3 Å². The molecule has 0 unspecified atom stereocenters. The lowest BCUT2D eigenvalue weighted by atomic mass is 10.1. The first kappa shape index (κ1) is 27.7. The second-order valence-electron chi connectivity index (χ2n) is 9.01. The Kier molecular flexibility index (Phi) is 9.13. The van der Waals surface area contributed by atoms with Gasteiger partial charge in [0, 0.05) is 16.6 Å². The standard InChI is InChI=1S/C24H32BrN3O5S/c1-17(23(30)26-24(2,3)4)27(15-18-10-9-11-19(14-18)33-5)22(29)16-28(34(6,31)32)21-13-8-7-12-20(21)25/h7-14,17H,15-16H2,1-6H3,(H,26,30)/t17-/m1/s1. The van der Waals surface area contributed by atoms with Gasteiger partial charge in [0.1, 0.15) is 18.3 Å². The highest BCUT2D eigenvalue weighted by molar-refractivity contribution is 9.10. The number of benzene rings is 2. The highest BCUT2D eigenvalue weighted by Crippen LogP contribution is 2.28. The Hall–Kier alpha value is -2.59. The van der Waals surface area contributed by atoms with E-state index in [-0.39, 0.29) is 12.5 Å². The number of amides is 2. The summed E-state index contributed by atoms with van der Waals surface area (Å²) < 4.78 is 32.1. The largest absolute Gasteiger partial charge is 0.497 e. The van der Waals surface area contributed by atoms with Crippen molar-refractivity contribution in [2.45, 2.75) is 45.8 Å². The topological polar surface area (TPSA) is 96.0 Å². The molecule has 0 aliphatic heterocycles. The molecule has 0 aliphatic rings. The maximum absolute atomic E-state index is 13.5. The van der Waals surface area contributed by atoms with Crippen molar-refractivity contribution < 1.29 is 22.7 Å². The molecule has 0 heterocycles. The van der Waals surface area contributed by atoms with Crippen LogP contribution in [-0.4, -0.2) is 56.6 Å². The Morgan fingerprint density at radius 2 is 1.76 bits per heavy atom. The fraction of sp³-hybridized carbons (Fsp3) is 0.417. The van der Waals surface area contributed by atoms with Crippen molar-refractivity contribution in [3.8, 4) is 5.75 Å². The Morgan fingerprint density at radius 3 is 2.32 bits per heavy atom. The van der Waals surface area contributed by atoms with Gasteiger partial charge in [-0.2, -0.15) is 0 Å². The lowest BCUT2D eigenvalue weighted by Gasteiger charge is -2.33. The maximum atomic E-state index is 13.5. The number of carbonyl (C=O) groups excluding carboxylic acids is 2. The van der Waals surface area contributed by atoms with Crippen LogP contribution in [0.5, 0.6) is 5.75 Å². The predicted octanol–water partition coefficient (Wildman–Crippen LogP) is 3.56. The number of methoxy groups -OCH3 is 1. The number of hydrogen-bond donors (Lipinski definition) is 1. The van der Waals surface area contributed by atoms with Gasteiger partial charge in [-0.25, -0.2) is 8.42 Å². The third-order valence-corrected chi connectivity index (χ3v) is 6.75. The van der Waals surface area contributed by atoms with Crippen LogP contribution in [0.3, 0.4) is 0 Å². The minimum Gasteiger partial charge on any atom is -0.497 e. The van der Waals surface area contributed by atoms with E-state index in [1.54, 1.807) is 56.5 Å². The number of hydrogen-bond acceptors (Lipinski definition) is 5. The van der Waals surface area contributed by atoms with E-state index in [1.165, 1.54) is 4.90 Å². The second-order valence-corrected chi connectivity index (χ2v) is 11.8. The van der Waals surface area contributed by atoms with Crippen LogP contribution in [0.25, 0.3) is 0 Å². The molecule has 0 aliphatic carbocycles. The van der Waals surface area contributed by atoms with E-state index >= 15 is 0 Å². The van der Waals surface area contributed by atoms with E-state index in [0.29, 0.717) is 15.9 Å². The zero-order valence-electron chi connectivity index (χ0n) is 20.3. The predicted molar refractivity (Wildman–Crippen MR) is 137 cm³/mol. The molecule has 0 saturated carbocycles. The fourth-order valence-electron chi connectivity index (χ4n) is 3.27. The third kappa shape index (κ3) is 7.73. The van der Waals surface area contributed by atoms with Crippen LogP contribution in [0.15, 0.2) is 53.0 Å². The summed E-state index contributed by atoms with van der Waals surface area (Å²) in [6, 6.07) is 13.1. The normalized spacial score (nSPS) is 12.6. The summed E-state index contributed by atoms with van der Waals surface area (Å²) in [5.41, 5.74) is 0.588. The van der Waals surface area contributed by atoms with Gasteiger partial charge < -0.3 is 15.0 Å². The molecule has 0 fully saturated rings. The molecule has 2 aromatic rings. The zero-order chi connectivity index (χ0) is 25.7. The summed E-state index contributed by atoms with van der Waals surface area (Å²) in [5.74, 6) is -0.237. The molecule has 10 heteroatoms. The Bertz CT molecular complexity index is 1130. The van der Waals surface area contributed by atoms with Gasteiger partial charge in [-0.1, -0.05) is 24.3 Å². The molecule has 1 atom stereocenters. The minimum absolute atomic E-state index is 0.0995. The van der Waals surface area contributed by atoms with Crippen molar-refractivity contribution in [2.75, 3.05) is 24.2 Å². The molecular weight excluding hydrogens is 522 g/mol. The van der Waals surface area contributed by atoms with Crippen molar-refractivity contribution in [1.82, 2.24) is 10.2 Å². The average molecular weight is 555 g/mol. The van der Waals surface area contributed by atoms with Crippen LogP contribution < -0.4 is 14.4 Å². The van der Waals surface area contributed by atoms with Crippen molar-refractivity contribution in [1.29, 1.82) is 0 Å². The van der Waals surface area contributed by atoms with E-state index in [4.69, 9.17) is 4.74 Å². The minimum atomic E-state index is -3.79. The lowest BCUT2D eigenvalue weighted by molar-refractivity contribution is -0.140. The second kappa shape index (κ2) is 11.2. The summed E-state index contributed by atoms with van der Waals surface area (Å²) in [5, 5.41) is 2.89. The smallest absolute Gasteiger partial charge is 0.244 e. The van der Waals surface area contributed by atoms with Gasteiger partial charge in [0.2, 0.25) is 21.8 Å². The van der Waals surface area contributed by atoms with Crippen LogP contribution in [0.2, 0.25) is 0 Å². The van der Waals surface area contributed by atoms with E-state index in [2.05, 4.69) is 21.2 Å². The molecule has 0 aromatic heterocycles. The summed E-state index contributed by atoms with van der Waals surface area (Å²) in [4.78, 5) is 27.9. The van der Waals surface area contributed by atoms with Gasteiger partial charge in [-0.3, -0.25) is 13.9 Å². The van der Waals surface area contributed by atoms with Crippen LogP contribution in [-0.2, 0) is 26.2 Å². The van der Waals surface area contributed by atoms with Gasteiger partial charge in [-0.05, 0) is 73.5 Å². The van der Waals surface area contributed by atoms with Crippen molar-refractivity contribution in [2.24, 2.45) is 0 Å². The summed E-state index contributed by atoms with van der Waals surface area (Å²) >= 11 is 3.36. The third-order valence-electron chi connectivity index (χ3n) is 4.95. The summed E-state index contributed by atoms with van der Waals surface area (Å²) in [6.07, 6.45) is 1.04. The van der Waals surface area contributed by atoms with Gasteiger partial charge in [0.15, 0.2) is 0 Å². The van der Waals surface area contributed by atoms with Crippen LogP contribution >= 0.6 is 15.9 Å². The molecule has 2 rings (SSSR count). The fourth-order valence-corrected chi connectivity index (χ4v) is 4.75. The molecule has 1 N–H and O–H groups in total. The quantitative estimate of drug-likeness (QED) is 0.512. The van der Waals surface area contributed by atoms with E-state index in [9.17, 15) is 18.0 Å². The maximum Gasteiger partial charge on any atom is 0.244 e. The number of sulfonamides is 1. The van der Waals surface area contributed by atoms with Gasteiger partial charge in [0.05, 0.1) is 19.1 Å². The molecule has 2 aromatic carbocycles. The molecule has 0 radical (unpaired) electrons. The number of nitrogens with zero attached hydrogens (tertiary/aromatic N) is 2. The highest BCUT2D eigenvalue weighted by Gasteiger charge is 2.31. The highest BCUT2D eigenvalue weighted by atomic mass is 79.9. The molecular formula is C24H32BrN3O5S. The average Bonchev–Trinajstić information content (AvgIpc) is 2.74. The molecule has 0 bridgehead atoms. The summed E-state index contributed by atoms with van der Waals surface area (Å²) in [7, 11) is -2.25. The number of nitrogens with one attached hydrogen (secondary N) is 1. The zero-order valence-corrected chi connectivity index (χ0v) is 22.7. The summed E-state index contributed by atoms with van der Waals surface area (Å²) in [6.45, 7) is 6.82. The van der Waals surface area contributed by atoms with Crippen molar-refractivity contribution in [3.63, 3.8) is 0 Å². The van der Waals surface area contributed by atoms with E-state index in [1.807, 2.05) is 26.8 Å². The van der Waals surface area contributed by atoms with Gasteiger partial charge >= 0.3 is 0 Å². The Balaban J connectivity index is 2.43. The number of halogens is 1. The molecule has 8 nitrogen and oxygen atoms in total. The molecule has 34 heavy (non-hydrogen) atoms. The number of para-hydroxylation sites is 1. The first-order valence-corrected chi connectivity index (χ1v) is 13.3. The number of anilines is 1. The van der Waals surface area contributed by atoms with Crippen molar-refractivity contribution >= 4 is 43.5 Å². The first-order chi connectivity index (χ1) is 15.7. The SMILES string of the molecule is COc1cccc(CN(C(=O)CN(c2ccccc2Br)S(C)(=O)=O)[C@H](C)C(=O)NC(C)(C)C)c1. The van der Waals surface area contributed by atoms with Crippen molar-refractivity contribution in [3.05, 3.63) is 58.6 Å². The van der Waals surface area contributed by atoms with Gasteiger partial charge in [0.25, 0.3) is 0 Å². The Morgan fingerprint density at radius 1 is 1.12 bits per heavy atom. The molecule has 2 amide bonds. The number of carbonyl (C=O) groups is 2. The van der Waals surface area contributed by atoms with Crippen LogP contribution in [0, 0.1) is 0 Å². The van der Waals surface area contributed by atoms with Crippen LogP contribution in [0.4, 0.5) is 5.69 Å². The Labute approximate surface area is 210 Å². The van der Waals surface area contributed by atoms with Gasteiger partial charge in [-0.15, -0.1) is 0 Å². The molecule has 186 valence electrons. The van der Waals surface area contributed by atoms with E-state index in [0.717, 1.165) is 16.1 Å².